The highest BCUT2D eigenvalue weighted by Gasteiger charge is 2.23. The van der Waals surface area contributed by atoms with Crippen molar-refractivity contribution >= 4 is 40.2 Å². The van der Waals surface area contributed by atoms with Crippen LogP contribution in [0.4, 0.5) is 5.82 Å². The zero-order valence-electron chi connectivity index (χ0n) is 9.40. The maximum atomic E-state index is 4.58. The van der Waals surface area contributed by atoms with Crippen molar-refractivity contribution in [3.8, 4) is 0 Å². The maximum Gasteiger partial charge on any atom is 0.148 e. The van der Waals surface area contributed by atoms with Crippen molar-refractivity contribution in [3.63, 3.8) is 0 Å². The summed E-state index contributed by atoms with van der Waals surface area (Å²) in [6.07, 6.45) is 1.89. The van der Waals surface area contributed by atoms with Gasteiger partial charge in [0, 0.05) is 31.3 Å². The van der Waals surface area contributed by atoms with Crippen LogP contribution in [-0.4, -0.2) is 47.0 Å². The fourth-order valence-corrected chi connectivity index (χ4v) is 3.41. The summed E-state index contributed by atoms with van der Waals surface area (Å²) in [6, 6.07) is 0.350. The highest BCUT2D eigenvalue weighted by atomic mass is 127. The SMILES string of the molecule is CNc1nc(C2CSCCN2C)ncc1I. The minimum atomic E-state index is 0.350. The van der Waals surface area contributed by atoms with E-state index >= 15 is 0 Å². The Morgan fingerprint density at radius 2 is 2.44 bits per heavy atom. The van der Waals surface area contributed by atoms with Crippen molar-refractivity contribution in [3.05, 3.63) is 15.6 Å². The molecule has 0 bridgehead atoms. The van der Waals surface area contributed by atoms with Gasteiger partial charge in [-0.05, 0) is 29.6 Å². The number of halogens is 1. The van der Waals surface area contributed by atoms with Gasteiger partial charge in [-0.15, -0.1) is 0 Å². The number of nitrogens with one attached hydrogen (secondary N) is 1. The first kappa shape index (κ1) is 12.4. The molecule has 1 aliphatic heterocycles. The second-order valence-electron chi connectivity index (χ2n) is 3.75. The minimum Gasteiger partial charge on any atom is -0.372 e. The maximum absolute atomic E-state index is 4.58. The summed E-state index contributed by atoms with van der Waals surface area (Å²) < 4.78 is 1.06. The van der Waals surface area contributed by atoms with Gasteiger partial charge in [-0.2, -0.15) is 11.8 Å². The van der Waals surface area contributed by atoms with Gasteiger partial charge in [0.2, 0.25) is 0 Å². The van der Waals surface area contributed by atoms with Gasteiger partial charge < -0.3 is 5.32 Å². The van der Waals surface area contributed by atoms with E-state index in [9.17, 15) is 0 Å². The summed E-state index contributed by atoms with van der Waals surface area (Å²) in [6.45, 7) is 1.11. The molecule has 1 aliphatic rings. The lowest BCUT2D eigenvalue weighted by Crippen LogP contribution is -2.34. The Balaban J connectivity index is 2.25. The molecule has 2 heterocycles. The van der Waals surface area contributed by atoms with Crippen LogP contribution in [0.3, 0.4) is 0 Å². The van der Waals surface area contributed by atoms with Crippen molar-refractivity contribution in [2.24, 2.45) is 0 Å². The van der Waals surface area contributed by atoms with Crippen LogP contribution in [0.15, 0.2) is 6.20 Å². The lowest BCUT2D eigenvalue weighted by Gasteiger charge is -2.30. The van der Waals surface area contributed by atoms with Crippen LogP contribution in [-0.2, 0) is 0 Å². The minimum absolute atomic E-state index is 0.350. The first-order valence-corrected chi connectivity index (χ1v) is 7.44. The van der Waals surface area contributed by atoms with E-state index in [1.54, 1.807) is 0 Å². The molecular formula is C10H15IN4S. The molecule has 1 saturated heterocycles. The Hall–Kier alpha value is -0.0800. The zero-order valence-corrected chi connectivity index (χ0v) is 12.4. The van der Waals surface area contributed by atoms with E-state index < -0.39 is 0 Å². The van der Waals surface area contributed by atoms with Crippen molar-refractivity contribution in [2.75, 3.05) is 37.5 Å². The molecule has 1 aromatic rings. The number of aromatic nitrogens is 2. The third-order valence-electron chi connectivity index (χ3n) is 2.69. The molecule has 4 nitrogen and oxygen atoms in total. The van der Waals surface area contributed by atoms with Crippen LogP contribution < -0.4 is 5.32 Å². The first-order chi connectivity index (χ1) is 7.72. The molecule has 88 valence electrons. The molecule has 1 fully saturated rings. The van der Waals surface area contributed by atoms with Gasteiger partial charge in [0.15, 0.2) is 0 Å². The predicted molar refractivity (Wildman–Crippen MR) is 77.0 cm³/mol. The molecule has 1 N–H and O–H groups in total. The van der Waals surface area contributed by atoms with E-state index in [1.165, 1.54) is 5.75 Å². The van der Waals surface area contributed by atoms with Gasteiger partial charge in [0.25, 0.3) is 0 Å². The van der Waals surface area contributed by atoms with Gasteiger partial charge in [0.05, 0.1) is 9.61 Å². The summed E-state index contributed by atoms with van der Waals surface area (Å²) in [5.41, 5.74) is 0. The normalized spacial score (nSPS) is 22.1. The molecular weight excluding hydrogens is 335 g/mol. The molecule has 6 heteroatoms. The van der Waals surface area contributed by atoms with Crippen molar-refractivity contribution in [2.45, 2.75) is 6.04 Å². The number of rotatable bonds is 2. The Morgan fingerprint density at radius 3 is 3.12 bits per heavy atom. The molecule has 1 atom stereocenters. The number of nitrogens with zero attached hydrogens (tertiary/aromatic N) is 3. The number of hydrogen-bond donors (Lipinski definition) is 1. The Kier molecular flexibility index (Phi) is 4.26. The Morgan fingerprint density at radius 1 is 1.62 bits per heavy atom. The second kappa shape index (κ2) is 5.50. The molecule has 2 rings (SSSR count). The summed E-state index contributed by atoms with van der Waals surface area (Å²) >= 11 is 4.22. The average Bonchev–Trinajstić information content (AvgIpc) is 2.31. The van der Waals surface area contributed by atoms with E-state index in [2.05, 4.69) is 49.8 Å². The number of thioether (sulfide) groups is 1. The van der Waals surface area contributed by atoms with Crippen LogP contribution in [0.2, 0.25) is 0 Å². The lowest BCUT2D eigenvalue weighted by atomic mass is 10.2. The van der Waals surface area contributed by atoms with Gasteiger partial charge in [-0.25, -0.2) is 9.97 Å². The third-order valence-corrected chi connectivity index (χ3v) is 4.51. The van der Waals surface area contributed by atoms with Crippen LogP contribution >= 0.6 is 34.4 Å². The largest absolute Gasteiger partial charge is 0.372 e. The molecule has 0 spiro atoms. The van der Waals surface area contributed by atoms with Crippen molar-refractivity contribution in [1.82, 2.24) is 14.9 Å². The molecule has 0 amide bonds. The van der Waals surface area contributed by atoms with E-state index in [1.807, 2.05) is 25.0 Å². The fraction of sp³-hybridized carbons (Fsp3) is 0.600. The molecule has 0 radical (unpaired) electrons. The van der Waals surface area contributed by atoms with E-state index in [0.717, 1.165) is 27.5 Å². The van der Waals surface area contributed by atoms with Crippen LogP contribution in [0.5, 0.6) is 0 Å². The quantitative estimate of drug-likeness (QED) is 0.825. The number of hydrogen-bond acceptors (Lipinski definition) is 5. The van der Waals surface area contributed by atoms with Gasteiger partial charge in [-0.1, -0.05) is 0 Å². The molecule has 0 aromatic carbocycles. The zero-order chi connectivity index (χ0) is 11.5. The second-order valence-corrected chi connectivity index (χ2v) is 6.06. The van der Waals surface area contributed by atoms with Gasteiger partial charge in [-0.3, -0.25) is 4.90 Å². The first-order valence-electron chi connectivity index (χ1n) is 5.20. The van der Waals surface area contributed by atoms with E-state index in [-0.39, 0.29) is 0 Å². The third kappa shape index (κ3) is 2.60. The van der Waals surface area contributed by atoms with Gasteiger partial charge in [0.1, 0.15) is 11.6 Å². The van der Waals surface area contributed by atoms with Crippen molar-refractivity contribution in [1.29, 1.82) is 0 Å². The summed E-state index contributed by atoms with van der Waals surface area (Å²) in [5.74, 6) is 4.14. The lowest BCUT2D eigenvalue weighted by molar-refractivity contribution is 0.264. The summed E-state index contributed by atoms with van der Waals surface area (Å²) in [4.78, 5) is 11.4. The molecule has 1 aromatic heterocycles. The van der Waals surface area contributed by atoms with Crippen LogP contribution in [0.25, 0.3) is 0 Å². The average molecular weight is 350 g/mol. The van der Waals surface area contributed by atoms with Crippen LogP contribution in [0, 0.1) is 3.57 Å². The smallest absolute Gasteiger partial charge is 0.148 e. The van der Waals surface area contributed by atoms with Gasteiger partial charge >= 0.3 is 0 Å². The predicted octanol–water partition coefficient (Wildman–Crippen LogP) is 1.84. The molecule has 1 unspecified atom stereocenters. The standard InChI is InChI=1S/C10H15IN4S/c1-12-9-7(11)5-13-10(14-9)8-6-16-4-3-15(8)2/h5,8H,3-4,6H2,1-2H3,(H,12,13,14). The van der Waals surface area contributed by atoms with Crippen LogP contribution in [0.1, 0.15) is 11.9 Å². The van der Waals surface area contributed by atoms with E-state index in [0.29, 0.717) is 6.04 Å². The number of anilines is 1. The Labute approximate surface area is 114 Å². The monoisotopic (exact) mass is 350 g/mol. The highest BCUT2D eigenvalue weighted by molar-refractivity contribution is 14.1. The highest BCUT2D eigenvalue weighted by Crippen LogP contribution is 2.27. The fourth-order valence-electron chi connectivity index (χ4n) is 1.67. The molecule has 0 aliphatic carbocycles. The Bertz CT molecular complexity index is 374. The topological polar surface area (TPSA) is 41.1 Å². The summed E-state index contributed by atoms with van der Waals surface area (Å²) in [5, 5.41) is 3.11. The van der Waals surface area contributed by atoms with E-state index in [4.69, 9.17) is 0 Å². The summed E-state index contributed by atoms with van der Waals surface area (Å²) in [7, 11) is 4.04. The molecule has 16 heavy (non-hydrogen) atoms. The van der Waals surface area contributed by atoms with Crippen molar-refractivity contribution < 1.29 is 0 Å². The molecule has 0 saturated carbocycles.